The van der Waals surface area contributed by atoms with E-state index in [1.807, 2.05) is 24.3 Å². The normalized spacial score (nSPS) is 10.2. The summed E-state index contributed by atoms with van der Waals surface area (Å²) in [5.74, 6) is 0. The van der Waals surface area contributed by atoms with Crippen LogP contribution in [0.3, 0.4) is 0 Å². The molecule has 1 N–H and O–H groups in total. The summed E-state index contributed by atoms with van der Waals surface area (Å²) in [4.78, 5) is 0. The molecule has 18 heavy (non-hydrogen) atoms. The second-order valence-corrected chi connectivity index (χ2v) is 4.97. The van der Waals surface area contributed by atoms with Crippen LogP contribution in [0.15, 0.2) is 72.1 Å². The Hall–Kier alpha value is -2.06. The van der Waals surface area contributed by atoms with Gasteiger partial charge in [0.2, 0.25) is 0 Å². The maximum atomic E-state index is 3.41. The van der Waals surface area contributed by atoms with Gasteiger partial charge in [-0.05, 0) is 29.3 Å². The highest BCUT2D eigenvalue weighted by Gasteiger charge is 2.01. The molecule has 0 unspecified atom stereocenters. The summed E-state index contributed by atoms with van der Waals surface area (Å²) in [6, 6.07) is 22.9. The first-order valence-electron chi connectivity index (χ1n) is 5.88. The maximum absolute atomic E-state index is 3.41. The largest absolute Gasteiger partial charge is 0.347 e. The maximum Gasteiger partial charge on any atom is 0.0933 e. The summed E-state index contributed by atoms with van der Waals surface area (Å²) in [6.07, 6.45) is 0. The lowest BCUT2D eigenvalue weighted by molar-refractivity contribution is 1.61. The van der Waals surface area contributed by atoms with E-state index in [0.29, 0.717) is 0 Å². The number of nitrogens with one attached hydrogen (secondary N) is 1. The minimum absolute atomic E-state index is 1.12. The molecule has 0 atom stereocenters. The van der Waals surface area contributed by atoms with Crippen molar-refractivity contribution in [3.8, 4) is 11.1 Å². The SMILES string of the molecule is c1ccc(Nc2cc(-c3ccccc3)cs2)cc1. The molecule has 0 bridgehead atoms. The van der Waals surface area contributed by atoms with E-state index in [2.05, 4.69) is 53.2 Å². The molecule has 1 heterocycles. The highest BCUT2D eigenvalue weighted by molar-refractivity contribution is 7.14. The average Bonchev–Trinajstić information content (AvgIpc) is 2.89. The quantitative estimate of drug-likeness (QED) is 0.678. The molecule has 2 aromatic carbocycles. The highest BCUT2D eigenvalue weighted by Crippen LogP contribution is 2.30. The molecular formula is C16H13NS. The Morgan fingerprint density at radius 3 is 2.11 bits per heavy atom. The van der Waals surface area contributed by atoms with Gasteiger partial charge in [-0.1, -0.05) is 48.5 Å². The van der Waals surface area contributed by atoms with Crippen LogP contribution in [0, 0.1) is 0 Å². The summed E-state index contributed by atoms with van der Waals surface area (Å²) in [5.41, 5.74) is 3.65. The van der Waals surface area contributed by atoms with Crippen LogP contribution in [0.25, 0.3) is 11.1 Å². The fourth-order valence-corrected chi connectivity index (χ4v) is 2.68. The zero-order valence-electron chi connectivity index (χ0n) is 9.84. The summed E-state index contributed by atoms with van der Waals surface area (Å²) >= 11 is 1.73. The van der Waals surface area contributed by atoms with E-state index in [4.69, 9.17) is 0 Å². The van der Waals surface area contributed by atoms with Crippen molar-refractivity contribution in [1.29, 1.82) is 0 Å². The zero-order chi connectivity index (χ0) is 12.2. The second kappa shape index (κ2) is 5.07. The van der Waals surface area contributed by atoms with Gasteiger partial charge in [-0.2, -0.15) is 0 Å². The number of hydrogen-bond acceptors (Lipinski definition) is 2. The predicted molar refractivity (Wildman–Crippen MR) is 79.5 cm³/mol. The van der Waals surface area contributed by atoms with Crippen LogP contribution < -0.4 is 5.32 Å². The molecule has 0 aliphatic heterocycles. The van der Waals surface area contributed by atoms with E-state index in [1.165, 1.54) is 16.1 Å². The van der Waals surface area contributed by atoms with Crippen LogP contribution in [-0.2, 0) is 0 Å². The smallest absolute Gasteiger partial charge is 0.0933 e. The summed E-state index contributed by atoms with van der Waals surface area (Å²) in [7, 11) is 0. The van der Waals surface area contributed by atoms with Gasteiger partial charge >= 0.3 is 0 Å². The Morgan fingerprint density at radius 2 is 1.39 bits per heavy atom. The van der Waals surface area contributed by atoms with Crippen LogP contribution in [-0.4, -0.2) is 0 Å². The molecule has 0 saturated heterocycles. The number of rotatable bonds is 3. The lowest BCUT2D eigenvalue weighted by Crippen LogP contribution is -1.85. The van der Waals surface area contributed by atoms with Gasteiger partial charge in [0.1, 0.15) is 0 Å². The third-order valence-electron chi connectivity index (χ3n) is 2.75. The molecule has 0 aliphatic rings. The lowest BCUT2D eigenvalue weighted by atomic mass is 10.1. The van der Waals surface area contributed by atoms with E-state index in [1.54, 1.807) is 11.3 Å². The van der Waals surface area contributed by atoms with Crippen molar-refractivity contribution in [1.82, 2.24) is 0 Å². The van der Waals surface area contributed by atoms with Gasteiger partial charge in [-0.25, -0.2) is 0 Å². The zero-order valence-corrected chi connectivity index (χ0v) is 10.7. The summed E-state index contributed by atoms with van der Waals surface area (Å²) in [5, 5.41) is 6.76. The summed E-state index contributed by atoms with van der Waals surface area (Å²) < 4.78 is 0. The first-order valence-corrected chi connectivity index (χ1v) is 6.76. The first-order chi connectivity index (χ1) is 8.92. The van der Waals surface area contributed by atoms with Crippen LogP contribution in [0.5, 0.6) is 0 Å². The lowest BCUT2D eigenvalue weighted by Gasteiger charge is -2.01. The van der Waals surface area contributed by atoms with Gasteiger partial charge < -0.3 is 5.32 Å². The average molecular weight is 251 g/mol. The van der Waals surface area contributed by atoms with Crippen molar-refractivity contribution in [3.05, 3.63) is 72.1 Å². The fraction of sp³-hybridized carbons (Fsp3) is 0. The number of para-hydroxylation sites is 1. The van der Waals surface area contributed by atoms with E-state index in [-0.39, 0.29) is 0 Å². The highest BCUT2D eigenvalue weighted by atomic mass is 32.1. The van der Waals surface area contributed by atoms with Gasteiger partial charge in [-0.15, -0.1) is 11.3 Å². The van der Waals surface area contributed by atoms with Crippen molar-refractivity contribution in [2.24, 2.45) is 0 Å². The van der Waals surface area contributed by atoms with Crippen molar-refractivity contribution in [3.63, 3.8) is 0 Å². The number of benzene rings is 2. The van der Waals surface area contributed by atoms with Crippen LogP contribution in [0.2, 0.25) is 0 Å². The van der Waals surface area contributed by atoms with E-state index in [0.717, 1.165) is 5.69 Å². The first kappa shape index (κ1) is 11.1. The van der Waals surface area contributed by atoms with Gasteiger partial charge in [0, 0.05) is 11.1 Å². The fourth-order valence-electron chi connectivity index (χ4n) is 1.85. The van der Waals surface area contributed by atoms with Crippen molar-refractivity contribution in [2.45, 2.75) is 0 Å². The Balaban J connectivity index is 1.82. The standard InChI is InChI=1S/C16H13NS/c1-3-7-13(8-4-1)14-11-16(18-12-14)17-15-9-5-2-6-10-15/h1-12,17H. The number of thiophene rings is 1. The minimum Gasteiger partial charge on any atom is -0.347 e. The molecule has 0 fully saturated rings. The van der Waals surface area contributed by atoms with E-state index < -0.39 is 0 Å². The predicted octanol–water partition coefficient (Wildman–Crippen LogP) is 5.16. The molecule has 3 rings (SSSR count). The molecule has 2 heteroatoms. The van der Waals surface area contributed by atoms with E-state index >= 15 is 0 Å². The Labute approximate surface area is 111 Å². The molecule has 0 amide bonds. The molecule has 0 spiro atoms. The monoisotopic (exact) mass is 251 g/mol. The van der Waals surface area contributed by atoms with Crippen molar-refractivity contribution < 1.29 is 0 Å². The molecule has 3 aromatic rings. The second-order valence-electron chi connectivity index (χ2n) is 4.06. The molecule has 0 aliphatic carbocycles. The topological polar surface area (TPSA) is 12.0 Å². The van der Waals surface area contributed by atoms with Crippen molar-refractivity contribution in [2.75, 3.05) is 5.32 Å². The molecule has 0 saturated carbocycles. The molecule has 1 aromatic heterocycles. The van der Waals surface area contributed by atoms with Gasteiger partial charge in [0.25, 0.3) is 0 Å². The van der Waals surface area contributed by atoms with Crippen LogP contribution in [0.4, 0.5) is 10.7 Å². The Kier molecular flexibility index (Phi) is 3.11. The third kappa shape index (κ3) is 2.44. The molecule has 88 valence electrons. The number of hydrogen-bond donors (Lipinski definition) is 1. The number of anilines is 2. The van der Waals surface area contributed by atoms with Crippen LogP contribution >= 0.6 is 11.3 Å². The van der Waals surface area contributed by atoms with Gasteiger partial charge in [-0.3, -0.25) is 0 Å². The third-order valence-corrected chi connectivity index (χ3v) is 3.59. The Bertz CT molecular complexity index is 614. The van der Waals surface area contributed by atoms with Gasteiger partial charge in [0.05, 0.1) is 5.00 Å². The molecular weight excluding hydrogens is 238 g/mol. The van der Waals surface area contributed by atoms with Crippen molar-refractivity contribution >= 4 is 22.0 Å². The van der Waals surface area contributed by atoms with E-state index in [9.17, 15) is 0 Å². The van der Waals surface area contributed by atoms with Gasteiger partial charge in [0.15, 0.2) is 0 Å². The molecule has 0 radical (unpaired) electrons. The summed E-state index contributed by atoms with van der Waals surface area (Å²) in [6.45, 7) is 0. The van der Waals surface area contributed by atoms with Crippen LogP contribution in [0.1, 0.15) is 0 Å². The molecule has 1 nitrogen and oxygen atoms in total. The Morgan fingerprint density at radius 1 is 0.722 bits per heavy atom. The minimum atomic E-state index is 1.12.